The van der Waals surface area contributed by atoms with Crippen molar-refractivity contribution in [2.45, 2.75) is 13.3 Å². The minimum atomic E-state index is -1.03. The van der Waals surface area contributed by atoms with E-state index in [-0.39, 0.29) is 11.3 Å². The van der Waals surface area contributed by atoms with E-state index < -0.39 is 5.97 Å². The van der Waals surface area contributed by atoms with Gasteiger partial charge < -0.3 is 21.1 Å². The second kappa shape index (κ2) is 5.88. The lowest BCUT2D eigenvalue weighted by Crippen LogP contribution is -2.23. The molecule has 1 aromatic rings. The third-order valence-electron chi connectivity index (χ3n) is 3.60. The van der Waals surface area contributed by atoms with Crippen LogP contribution in [0, 0.1) is 5.92 Å². The third kappa shape index (κ3) is 3.14. The number of likely N-dealkylation sites (tertiary alicyclic amines) is 1. The third-order valence-corrected chi connectivity index (χ3v) is 3.60. The van der Waals surface area contributed by atoms with Crippen molar-refractivity contribution < 1.29 is 9.90 Å². The average molecular weight is 264 g/mol. The smallest absolute Gasteiger partial charge is 0.337 e. The van der Waals surface area contributed by atoms with Gasteiger partial charge in [-0.15, -0.1) is 0 Å². The predicted octanol–water partition coefficient (Wildman–Crippen LogP) is 1.12. The summed E-state index contributed by atoms with van der Waals surface area (Å²) in [6.07, 6.45) is 2.62. The number of nitrogens with two attached hydrogens (primary N) is 1. The number of aromatic carboxylic acids is 1. The highest BCUT2D eigenvalue weighted by atomic mass is 16.4. The number of carboxylic acids is 1. The molecule has 1 saturated heterocycles. The van der Waals surface area contributed by atoms with Crippen molar-refractivity contribution in [3.05, 3.63) is 17.8 Å². The molecule has 0 amide bonds. The number of anilines is 2. The Morgan fingerprint density at radius 3 is 3.11 bits per heavy atom. The van der Waals surface area contributed by atoms with Crippen molar-refractivity contribution in [1.82, 2.24) is 9.88 Å². The molecule has 6 heteroatoms. The van der Waals surface area contributed by atoms with E-state index in [1.54, 1.807) is 0 Å². The van der Waals surface area contributed by atoms with Gasteiger partial charge in [-0.25, -0.2) is 9.78 Å². The fourth-order valence-electron chi connectivity index (χ4n) is 2.41. The van der Waals surface area contributed by atoms with Gasteiger partial charge >= 0.3 is 5.97 Å². The molecular formula is C13H20N4O2. The van der Waals surface area contributed by atoms with Crippen molar-refractivity contribution >= 4 is 17.5 Å². The van der Waals surface area contributed by atoms with Crippen LogP contribution in [0.15, 0.2) is 12.3 Å². The fourth-order valence-corrected chi connectivity index (χ4v) is 2.41. The summed E-state index contributed by atoms with van der Waals surface area (Å²) < 4.78 is 0. The number of nitrogens with one attached hydrogen (secondary N) is 1. The molecule has 0 bridgehead atoms. The van der Waals surface area contributed by atoms with E-state index in [4.69, 9.17) is 10.8 Å². The molecule has 0 aromatic carbocycles. The highest BCUT2D eigenvalue weighted by Gasteiger charge is 2.21. The summed E-state index contributed by atoms with van der Waals surface area (Å²) in [6.45, 7) is 6.21. The molecule has 1 unspecified atom stereocenters. The van der Waals surface area contributed by atoms with Gasteiger partial charge in [-0.3, -0.25) is 0 Å². The van der Waals surface area contributed by atoms with Crippen LogP contribution in [0.1, 0.15) is 23.7 Å². The molecule has 1 fully saturated rings. The highest BCUT2D eigenvalue weighted by Crippen LogP contribution is 2.22. The second-order valence-electron chi connectivity index (χ2n) is 4.85. The first-order chi connectivity index (χ1) is 9.11. The molecule has 6 nitrogen and oxygen atoms in total. The lowest BCUT2D eigenvalue weighted by Gasteiger charge is -2.15. The number of nitrogen functional groups attached to an aromatic ring is 1. The Kier molecular flexibility index (Phi) is 4.21. The summed E-state index contributed by atoms with van der Waals surface area (Å²) in [5.74, 6) is 0.00505. The normalized spacial score (nSPS) is 19.5. The van der Waals surface area contributed by atoms with E-state index in [0.29, 0.717) is 11.7 Å². The summed E-state index contributed by atoms with van der Waals surface area (Å²) in [4.78, 5) is 17.5. The van der Waals surface area contributed by atoms with Crippen LogP contribution >= 0.6 is 0 Å². The molecule has 1 aliphatic heterocycles. The van der Waals surface area contributed by atoms with Crippen LogP contribution in [0.2, 0.25) is 0 Å². The van der Waals surface area contributed by atoms with Gasteiger partial charge in [0.25, 0.3) is 0 Å². The molecule has 0 saturated carbocycles. The zero-order chi connectivity index (χ0) is 13.8. The maximum atomic E-state index is 11.0. The predicted molar refractivity (Wildman–Crippen MR) is 74.3 cm³/mol. The molecule has 0 aliphatic carbocycles. The monoisotopic (exact) mass is 264 g/mol. The van der Waals surface area contributed by atoms with Gasteiger partial charge in [0.05, 0.1) is 11.3 Å². The molecule has 1 atom stereocenters. The van der Waals surface area contributed by atoms with Gasteiger partial charge in [0.1, 0.15) is 5.82 Å². The first-order valence-electron chi connectivity index (χ1n) is 6.55. The molecule has 2 rings (SSSR count). The van der Waals surface area contributed by atoms with Crippen LogP contribution in [-0.2, 0) is 0 Å². The maximum absolute atomic E-state index is 11.0. The summed E-state index contributed by atoms with van der Waals surface area (Å²) in [5, 5.41) is 12.2. The number of nitrogens with zero attached hydrogens (tertiary/aromatic N) is 2. The largest absolute Gasteiger partial charge is 0.478 e. The number of pyridine rings is 1. The number of hydrogen-bond acceptors (Lipinski definition) is 5. The first kappa shape index (κ1) is 13.6. The summed E-state index contributed by atoms with van der Waals surface area (Å²) >= 11 is 0. The van der Waals surface area contributed by atoms with Gasteiger partial charge in [-0.05, 0) is 31.5 Å². The summed E-state index contributed by atoms with van der Waals surface area (Å²) in [7, 11) is 0. The van der Waals surface area contributed by atoms with E-state index >= 15 is 0 Å². The van der Waals surface area contributed by atoms with Crippen LogP contribution in [0.3, 0.4) is 0 Å². The average Bonchev–Trinajstić information content (AvgIpc) is 2.85. The lowest BCUT2D eigenvalue weighted by molar-refractivity contribution is 0.0698. The standard InChI is InChI=1S/C13H20N4O2/c1-2-17-6-4-9(8-17)7-16-12-11(14)10(13(18)19)3-5-15-12/h3,5,9H,2,4,6-8,14H2,1H3,(H,15,16)(H,18,19). The zero-order valence-electron chi connectivity index (χ0n) is 11.1. The molecular weight excluding hydrogens is 244 g/mol. The maximum Gasteiger partial charge on any atom is 0.337 e. The second-order valence-corrected chi connectivity index (χ2v) is 4.85. The number of carboxylic acid groups (broad SMARTS) is 1. The highest BCUT2D eigenvalue weighted by molar-refractivity contribution is 5.96. The van der Waals surface area contributed by atoms with E-state index in [2.05, 4.69) is 22.1 Å². The Morgan fingerprint density at radius 2 is 2.47 bits per heavy atom. The minimum Gasteiger partial charge on any atom is -0.478 e. The Bertz CT molecular complexity index is 464. The topological polar surface area (TPSA) is 91.5 Å². The van der Waals surface area contributed by atoms with Gasteiger partial charge in [0.15, 0.2) is 0 Å². The molecule has 1 aromatic heterocycles. The van der Waals surface area contributed by atoms with Crippen molar-refractivity contribution in [3.8, 4) is 0 Å². The van der Waals surface area contributed by atoms with E-state index in [1.165, 1.54) is 12.3 Å². The summed E-state index contributed by atoms with van der Waals surface area (Å²) in [5.41, 5.74) is 6.11. The van der Waals surface area contributed by atoms with Gasteiger partial charge in [-0.2, -0.15) is 0 Å². The Hall–Kier alpha value is -1.82. The van der Waals surface area contributed by atoms with E-state index in [9.17, 15) is 4.79 Å². The van der Waals surface area contributed by atoms with Crippen LogP contribution in [0.25, 0.3) is 0 Å². The van der Waals surface area contributed by atoms with Gasteiger partial charge in [0, 0.05) is 19.3 Å². The van der Waals surface area contributed by atoms with Crippen molar-refractivity contribution in [3.63, 3.8) is 0 Å². The van der Waals surface area contributed by atoms with Crippen LogP contribution in [0.4, 0.5) is 11.5 Å². The summed E-state index contributed by atoms with van der Waals surface area (Å²) in [6, 6.07) is 1.41. The molecule has 1 aliphatic rings. The van der Waals surface area contributed by atoms with Crippen molar-refractivity contribution in [2.24, 2.45) is 5.92 Å². The van der Waals surface area contributed by atoms with Crippen LogP contribution in [0.5, 0.6) is 0 Å². The lowest BCUT2D eigenvalue weighted by atomic mass is 10.1. The zero-order valence-corrected chi connectivity index (χ0v) is 11.1. The van der Waals surface area contributed by atoms with Crippen LogP contribution in [-0.4, -0.2) is 47.1 Å². The van der Waals surface area contributed by atoms with Crippen LogP contribution < -0.4 is 11.1 Å². The van der Waals surface area contributed by atoms with Gasteiger partial charge in [0.2, 0.25) is 0 Å². The molecule has 2 heterocycles. The molecule has 104 valence electrons. The number of carbonyl (C=O) groups is 1. The van der Waals surface area contributed by atoms with E-state index in [0.717, 1.165) is 32.6 Å². The number of aromatic nitrogens is 1. The Balaban J connectivity index is 1.97. The molecule has 0 radical (unpaired) electrons. The number of hydrogen-bond donors (Lipinski definition) is 3. The Morgan fingerprint density at radius 1 is 1.68 bits per heavy atom. The molecule has 19 heavy (non-hydrogen) atoms. The molecule has 0 spiro atoms. The quantitative estimate of drug-likeness (QED) is 0.738. The fraction of sp³-hybridized carbons (Fsp3) is 0.538. The minimum absolute atomic E-state index is 0.0964. The number of rotatable bonds is 5. The Labute approximate surface area is 112 Å². The first-order valence-corrected chi connectivity index (χ1v) is 6.55. The SMILES string of the molecule is CCN1CCC(CNc2nccc(C(=O)O)c2N)C1. The van der Waals surface area contributed by atoms with Crippen molar-refractivity contribution in [1.29, 1.82) is 0 Å². The van der Waals surface area contributed by atoms with E-state index in [1.807, 2.05) is 0 Å². The molecule has 4 N–H and O–H groups in total. The van der Waals surface area contributed by atoms with Gasteiger partial charge in [-0.1, -0.05) is 6.92 Å². The van der Waals surface area contributed by atoms with Crippen molar-refractivity contribution in [2.75, 3.05) is 37.2 Å².